The number of rotatable bonds is 6. The Morgan fingerprint density at radius 2 is 1.82 bits per heavy atom. The van der Waals surface area contributed by atoms with Crippen LogP contribution in [0, 0.1) is 5.92 Å². The molecule has 1 aromatic rings. The fourth-order valence-electron chi connectivity index (χ4n) is 4.84. The van der Waals surface area contributed by atoms with Crippen molar-refractivity contribution in [2.75, 3.05) is 20.4 Å². The number of nitrogens with two attached hydrogens (primary N) is 1. The van der Waals surface area contributed by atoms with Crippen LogP contribution >= 0.6 is 11.9 Å². The summed E-state index contributed by atoms with van der Waals surface area (Å²) in [6.45, 7) is 2.17. The summed E-state index contributed by atoms with van der Waals surface area (Å²) in [4.78, 5) is 14.8. The molecule has 1 aromatic carbocycles. The highest BCUT2D eigenvalue weighted by Crippen LogP contribution is 2.44. The van der Waals surface area contributed by atoms with Gasteiger partial charge in [-0.2, -0.15) is 0 Å². The molecule has 1 fully saturated rings. The maximum absolute atomic E-state index is 12.7. The molecule has 0 radical (unpaired) electrons. The summed E-state index contributed by atoms with van der Waals surface area (Å²) in [7, 11) is 4.03. The number of nitrogens with zero attached hydrogens (tertiary/aromatic N) is 2. The van der Waals surface area contributed by atoms with E-state index in [9.17, 15) is 4.79 Å². The first-order chi connectivity index (χ1) is 13.5. The van der Waals surface area contributed by atoms with Crippen LogP contribution < -0.4 is 5.73 Å². The fraction of sp³-hybridized carbons (Fsp3) is 0.522. The van der Waals surface area contributed by atoms with Crippen LogP contribution in [-0.4, -0.2) is 41.5 Å². The van der Waals surface area contributed by atoms with Gasteiger partial charge in [-0.15, -0.1) is 0 Å². The predicted octanol–water partition coefficient (Wildman–Crippen LogP) is 4.65. The quantitative estimate of drug-likeness (QED) is 0.707. The van der Waals surface area contributed by atoms with Gasteiger partial charge in [-0.3, -0.25) is 4.79 Å². The van der Waals surface area contributed by atoms with Gasteiger partial charge in [0.05, 0.1) is 17.3 Å². The summed E-state index contributed by atoms with van der Waals surface area (Å²) in [5, 5.41) is 0. The van der Waals surface area contributed by atoms with Gasteiger partial charge in [0.2, 0.25) is 5.91 Å². The fourth-order valence-corrected chi connectivity index (χ4v) is 5.65. The smallest absolute Gasteiger partial charge is 0.248 e. The Kier molecular flexibility index (Phi) is 6.76. The Morgan fingerprint density at radius 3 is 2.36 bits per heavy atom. The normalized spacial score (nSPS) is 21.3. The van der Waals surface area contributed by atoms with Crippen LogP contribution in [0.3, 0.4) is 0 Å². The largest absolute Gasteiger partial charge is 0.377 e. The van der Waals surface area contributed by atoms with E-state index in [1.165, 1.54) is 37.8 Å². The van der Waals surface area contributed by atoms with Crippen LogP contribution in [0.4, 0.5) is 0 Å². The number of hydrogen-bond donors (Lipinski definition) is 1. The molecule has 152 valence electrons. The topological polar surface area (TPSA) is 49.6 Å². The van der Waals surface area contributed by atoms with Crippen molar-refractivity contribution in [1.29, 1.82) is 0 Å². The molecule has 0 aromatic heterocycles. The minimum absolute atomic E-state index is 0.0282. The summed E-state index contributed by atoms with van der Waals surface area (Å²) >= 11 is 1.70. The first-order valence-corrected chi connectivity index (χ1v) is 11.4. The molecule has 5 heteroatoms. The Balaban J connectivity index is 2.14. The van der Waals surface area contributed by atoms with E-state index in [0.717, 1.165) is 28.8 Å². The van der Waals surface area contributed by atoms with Crippen molar-refractivity contribution < 1.29 is 4.79 Å². The average Bonchev–Trinajstić information content (AvgIpc) is 2.68. The summed E-state index contributed by atoms with van der Waals surface area (Å²) in [5.74, 6) is 0.363. The van der Waals surface area contributed by atoms with Crippen LogP contribution in [0.15, 0.2) is 47.3 Å². The third-order valence-electron chi connectivity index (χ3n) is 6.05. The molecule has 3 rings (SSSR count). The molecule has 4 nitrogen and oxygen atoms in total. The molecule has 0 saturated heterocycles. The zero-order chi connectivity index (χ0) is 20.3. The Morgan fingerprint density at radius 1 is 1.18 bits per heavy atom. The minimum atomic E-state index is -0.301. The molecule has 1 amide bonds. The van der Waals surface area contributed by atoms with E-state index in [1.54, 1.807) is 11.9 Å². The molecule has 1 saturated carbocycles. The number of amides is 1. The number of carbonyl (C=O) groups is 1. The lowest BCUT2D eigenvalue weighted by Gasteiger charge is -2.43. The zero-order valence-electron chi connectivity index (χ0n) is 17.6. The van der Waals surface area contributed by atoms with Gasteiger partial charge in [0.15, 0.2) is 0 Å². The number of benzene rings is 1. The molecule has 1 aliphatic carbocycles. The SMILES string of the molecule is CSN1C(C)=C(c2ccccc2)C(N(C)C)=C(C(N)=O)C1CC1CCCCC1. The van der Waals surface area contributed by atoms with Gasteiger partial charge in [0.25, 0.3) is 0 Å². The maximum atomic E-state index is 12.7. The number of carbonyl (C=O) groups excluding carboxylic acids is 1. The van der Waals surface area contributed by atoms with Crippen molar-refractivity contribution >= 4 is 23.4 Å². The van der Waals surface area contributed by atoms with E-state index in [4.69, 9.17) is 5.73 Å². The zero-order valence-corrected chi connectivity index (χ0v) is 18.4. The average molecular weight is 400 g/mol. The lowest BCUT2D eigenvalue weighted by Crippen LogP contribution is -2.43. The highest BCUT2D eigenvalue weighted by molar-refractivity contribution is 7.96. The third kappa shape index (κ3) is 4.09. The first-order valence-electron chi connectivity index (χ1n) is 10.3. The second kappa shape index (κ2) is 9.08. The van der Waals surface area contributed by atoms with Gasteiger partial charge >= 0.3 is 0 Å². The van der Waals surface area contributed by atoms with Gasteiger partial charge in [-0.1, -0.05) is 74.4 Å². The van der Waals surface area contributed by atoms with E-state index in [1.807, 2.05) is 32.3 Å². The molecule has 1 unspecified atom stereocenters. The van der Waals surface area contributed by atoms with E-state index in [-0.39, 0.29) is 11.9 Å². The van der Waals surface area contributed by atoms with Crippen LogP contribution in [0.2, 0.25) is 0 Å². The summed E-state index contributed by atoms with van der Waals surface area (Å²) in [6, 6.07) is 10.4. The highest BCUT2D eigenvalue weighted by atomic mass is 32.2. The molecule has 0 spiro atoms. The van der Waals surface area contributed by atoms with Crippen LogP contribution in [0.1, 0.15) is 51.0 Å². The summed E-state index contributed by atoms with van der Waals surface area (Å²) in [6.07, 6.45) is 9.56. The monoisotopic (exact) mass is 399 g/mol. The van der Waals surface area contributed by atoms with Crippen molar-refractivity contribution in [3.8, 4) is 0 Å². The molecule has 2 aliphatic rings. The van der Waals surface area contributed by atoms with E-state index in [0.29, 0.717) is 5.92 Å². The number of allylic oxidation sites excluding steroid dienone is 2. The summed E-state index contributed by atoms with van der Waals surface area (Å²) < 4.78 is 2.32. The van der Waals surface area contributed by atoms with Gasteiger partial charge in [0, 0.05) is 31.6 Å². The van der Waals surface area contributed by atoms with E-state index < -0.39 is 0 Å². The molecule has 1 aliphatic heterocycles. The number of hydrogen-bond acceptors (Lipinski definition) is 4. The van der Waals surface area contributed by atoms with Gasteiger partial charge < -0.3 is 14.9 Å². The van der Waals surface area contributed by atoms with Crippen molar-refractivity contribution in [3.63, 3.8) is 0 Å². The molecular weight excluding hydrogens is 366 g/mol. The van der Waals surface area contributed by atoms with Crippen molar-refractivity contribution in [2.45, 2.75) is 51.5 Å². The van der Waals surface area contributed by atoms with Gasteiger partial charge in [-0.25, -0.2) is 0 Å². The van der Waals surface area contributed by atoms with Crippen LogP contribution in [0.25, 0.3) is 5.57 Å². The second-order valence-corrected chi connectivity index (χ2v) is 8.87. The molecule has 0 bridgehead atoms. The molecule has 1 heterocycles. The molecule has 2 N–H and O–H groups in total. The minimum Gasteiger partial charge on any atom is -0.377 e. The second-order valence-electron chi connectivity index (χ2n) is 8.11. The summed E-state index contributed by atoms with van der Waals surface area (Å²) in [5.41, 5.74) is 11.2. The standard InChI is InChI=1S/C23H33N3OS/c1-16-20(18-13-9-6-10-14-18)22(25(2)3)21(23(24)27)19(26(16)28-4)15-17-11-7-5-8-12-17/h6,9-10,13-14,17,19H,5,7-8,11-12,15H2,1-4H3,(H2,24,27). The highest BCUT2D eigenvalue weighted by Gasteiger charge is 2.38. The van der Waals surface area contributed by atoms with Gasteiger partial charge in [-0.05, 0) is 24.8 Å². The van der Waals surface area contributed by atoms with E-state index in [2.05, 4.69) is 34.5 Å². The molecular formula is C23H33N3OS. The van der Waals surface area contributed by atoms with Crippen LogP contribution in [-0.2, 0) is 4.79 Å². The van der Waals surface area contributed by atoms with Crippen LogP contribution in [0.5, 0.6) is 0 Å². The molecule has 28 heavy (non-hydrogen) atoms. The molecule has 1 atom stereocenters. The first kappa shape index (κ1) is 20.8. The van der Waals surface area contributed by atoms with E-state index >= 15 is 0 Å². The number of primary amides is 1. The lowest BCUT2D eigenvalue weighted by molar-refractivity contribution is -0.115. The maximum Gasteiger partial charge on any atom is 0.248 e. The Bertz CT molecular complexity index is 763. The number of likely N-dealkylation sites (N-methyl/N-ethyl adjacent to an activating group) is 1. The third-order valence-corrected chi connectivity index (χ3v) is 6.98. The lowest BCUT2D eigenvalue weighted by atomic mass is 9.80. The van der Waals surface area contributed by atoms with Crippen molar-refractivity contribution in [3.05, 3.63) is 52.9 Å². The Labute approximate surface area is 174 Å². The van der Waals surface area contributed by atoms with Gasteiger partial charge in [0.1, 0.15) is 0 Å². The Hall–Kier alpha value is -1.88. The predicted molar refractivity (Wildman–Crippen MR) is 119 cm³/mol. The van der Waals surface area contributed by atoms with Crippen molar-refractivity contribution in [2.24, 2.45) is 11.7 Å². The van der Waals surface area contributed by atoms with Crippen molar-refractivity contribution in [1.82, 2.24) is 9.21 Å².